The van der Waals surface area contributed by atoms with E-state index in [0.29, 0.717) is 5.56 Å². The van der Waals surface area contributed by atoms with Crippen molar-refractivity contribution in [3.8, 4) is 0 Å². The molecule has 0 fully saturated rings. The largest absolute Gasteiger partial charge is 0.480 e. The predicted molar refractivity (Wildman–Crippen MR) is 127 cm³/mol. The molecule has 1 aromatic heterocycles. The van der Waals surface area contributed by atoms with Gasteiger partial charge in [0.25, 0.3) is 0 Å². The maximum absolute atomic E-state index is 12.9. The Labute approximate surface area is 205 Å². The van der Waals surface area contributed by atoms with Crippen molar-refractivity contribution in [2.24, 2.45) is 17.2 Å². The summed E-state index contributed by atoms with van der Waals surface area (Å²) in [4.78, 5) is 74.0. The first-order chi connectivity index (χ1) is 17.0. The van der Waals surface area contributed by atoms with Crippen LogP contribution in [0.1, 0.15) is 24.8 Å². The number of H-pyrrole nitrogens is 1. The van der Waals surface area contributed by atoms with E-state index in [-0.39, 0.29) is 19.3 Å². The number of para-hydroxylation sites is 1. The number of aromatic amines is 1. The summed E-state index contributed by atoms with van der Waals surface area (Å²) in [6.07, 6.45) is 0.855. The van der Waals surface area contributed by atoms with Crippen molar-refractivity contribution in [2.45, 2.75) is 43.8 Å². The second-order valence-corrected chi connectivity index (χ2v) is 8.08. The number of carbonyl (C=O) groups excluding carboxylic acids is 5. The summed E-state index contributed by atoms with van der Waals surface area (Å²) in [6.45, 7) is -0.537. The molecule has 1 aromatic carbocycles. The second kappa shape index (κ2) is 12.9. The molecule has 11 N–H and O–H groups in total. The lowest BCUT2D eigenvalue weighted by molar-refractivity contribution is -0.143. The van der Waals surface area contributed by atoms with E-state index in [1.54, 1.807) is 18.3 Å². The Morgan fingerprint density at radius 3 is 2.28 bits per heavy atom. The Hall–Kier alpha value is -4.46. The van der Waals surface area contributed by atoms with Crippen LogP contribution in [0.25, 0.3) is 10.9 Å². The van der Waals surface area contributed by atoms with Crippen molar-refractivity contribution in [3.63, 3.8) is 0 Å². The molecule has 14 heteroatoms. The summed E-state index contributed by atoms with van der Waals surface area (Å²) in [6, 6.07) is 3.30. The van der Waals surface area contributed by atoms with Crippen LogP contribution in [0, 0.1) is 0 Å². The summed E-state index contributed by atoms with van der Waals surface area (Å²) >= 11 is 0. The Kier molecular flexibility index (Phi) is 9.92. The number of fused-ring (bicyclic) bond motifs is 1. The lowest BCUT2D eigenvalue weighted by Crippen LogP contribution is -2.55. The Morgan fingerprint density at radius 2 is 1.64 bits per heavy atom. The van der Waals surface area contributed by atoms with Crippen LogP contribution in [0.15, 0.2) is 30.5 Å². The number of amides is 5. The van der Waals surface area contributed by atoms with Crippen molar-refractivity contribution in [2.75, 3.05) is 6.54 Å². The quantitative estimate of drug-likeness (QED) is 0.135. The van der Waals surface area contributed by atoms with Gasteiger partial charge in [-0.05, 0) is 18.1 Å². The fourth-order valence-corrected chi connectivity index (χ4v) is 3.38. The minimum absolute atomic E-state index is 0.00911. The monoisotopic (exact) mass is 503 g/mol. The number of nitrogens with one attached hydrogen (secondary N) is 4. The summed E-state index contributed by atoms with van der Waals surface area (Å²) in [5, 5.41) is 17.1. The minimum Gasteiger partial charge on any atom is -0.480 e. The molecule has 3 atom stereocenters. The number of carbonyl (C=O) groups is 6. The van der Waals surface area contributed by atoms with Crippen LogP contribution in [0.3, 0.4) is 0 Å². The minimum atomic E-state index is -1.60. The Balaban J connectivity index is 2.13. The van der Waals surface area contributed by atoms with Gasteiger partial charge in [0.1, 0.15) is 12.1 Å². The average molecular weight is 504 g/mol. The van der Waals surface area contributed by atoms with Gasteiger partial charge in [0, 0.05) is 29.9 Å². The van der Waals surface area contributed by atoms with Crippen molar-refractivity contribution < 1.29 is 33.9 Å². The van der Waals surface area contributed by atoms with Crippen molar-refractivity contribution in [1.82, 2.24) is 20.9 Å². The third-order valence-corrected chi connectivity index (χ3v) is 5.23. The van der Waals surface area contributed by atoms with Gasteiger partial charge in [-0.3, -0.25) is 24.0 Å². The molecule has 0 aliphatic rings. The summed E-state index contributed by atoms with van der Waals surface area (Å²) in [5.74, 6) is -5.36. The van der Waals surface area contributed by atoms with Crippen LogP contribution in [0.4, 0.5) is 0 Å². The highest BCUT2D eigenvalue weighted by Crippen LogP contribution is 2.19. The average Bonchev–Trinajstić information content (AvgIpc) is 3.22. The molecule has 0 saturated carbocycles. The van der Waals surface area contributed by atoms with Gasteiger partial charge in [-0.15, -0.1) is 0 Å². The zero-order valence-electron chi connectivity index (χ0n) is 19.3. The molecule has 2 rings (SSSR count). The molecule has 0 radical (unpaired) electrons. The molecule has 1 heterocycles. The standard InChI is InChI=1S/C22H29N7O7/c23-13(5-6-17(24)30)20(33)27-10-19(32)28-15(21(34)29-16(22(35)36)8-18(25)31)7-11-9-26-14-4-2-1-3-12(11)14/h1-4,9,13,15-16,26H,5-8,10,23H2,(H2,24,30)(H2,25,31)(H,27,33)(H,28,32)(H,29,34)(H,35,36). The van der Waals surface area contributed by atoms with Crippen LogP contribution < -0.4 is 33.2 Å². The number of aromatic nitrogens is 1. The summed E-state index contributed by atoms with van der Waals surface area (Å²) in [7, 11) is 0. The molecular formula is C22H29N7O7. The van der Waals surface area contributed by atoms with Gasteiger partial charge in [0.2, 0.25) is 29.5 Å². The lowest BCUT2D eigenvalue weighted by Gasteiger charge is -2.21. The number of hydrogen-bond acceptors (Lipinski definition) is 7. The Bertz CT molecular complexity index is 1150. The smallest absolute Gasteiger partial charge is 0.326 e. The van der Waals surface area contributed by atoms with Gasteiger partial charge in [-0.1, -0.05) is 18.2 Å². The van der Waals surface area contributed by atoms with Gasteiger partial charge in [-0.25, -0.2) is 4.79 Å². The number of hydrogen-bond donors (Lipinski definition) is 8. The zero-order chi connectivity index (χ0) is 26.8. The normalized spacial score (nSPS) is 13.2. The number of nitrogens with two attached hydrogens (primary N) is 3. The zero-order valence-corrected chi connectivity index (χ0v) is 19.3. The second-order valence-electron chi connectivity index (χ2n) is 8.08. The van der Waals surface area contributed by atoms with E-state index in [9.17, 15) is 33.9 Å². The van der Waals surface area contributed by atoms with E-state index in [1.165, 1.54) is 0 Å². The summed E-state index contributed by atoms with van der Waals surface area (Å²) < 4.78 is 0. The lowest BCUT2D eigenvalue weighted by atomic mass is 10.0. The van der Waals surface area contributed by atoms with Crippen LogP contribution >= 0.6 is 0 Å². The van der Waals surface area contributed by atoms with Gasteiger partial charge in [0.15, 0.2) is 0 Å². The molecule has 5 amide bonds. The van der Waals surface area contributed by atoms with E-state index in [4.69, 9.17) is 17.2 Å². The topological polar surface area (TPSA) is 253 Å². The molecule has 194 valence electrons. The highest BCUT2D eigenvalue weighted by Gasteiger charge is 2.28. The van der Waals surface area contributed by atoms with E-state index in [2.05, 4.69) is 20.9 Å². The molecule has 0 aliphatic carbocycles. The molecule has 0 bridgehead atoms. The van der Waals surface area contributed by atoms with Gasteiger partial charge < -0.3 is 43.2 Å². The van der Waals surface area contributed by atoms with E-state index < -0.39 is 66.6 Å². The highest BCUT2D eigenvalue weighted by molar-refractivity contribution is 5.94. The van der Waals surface area contributed by atoms with Crippen LogP contribution in [0.5, 0.6) is 0 Å². The third kappa shape index (κ3) is 8.39. The summed E-state index contributed by atoms with van der Waals surface area (Å²) in [5.41, 5.74) is 17.2. The fraction of sp³-hybridized carbons (Fsp3) is 0.364. The number of rotatable bonds is 14. The first kappa shape index (κ1) is 27.8. The van der Waals surface area contributed by atoms with Crippen molar-refractivity contribution in [3.05, 3.63) is 36.0 Å². The van der Waals surface area contributed by atoms with Crippen LogP contribution in [-0.4, -0.2) is 70.3 Å². The number of primary amides is 2. The Morgan fingerprint density at radius 1 is 0.944 bits per heavy atom. The molecule has 36 heavy (non-hydrogen) atoms. The van der Waals surface area contributed by atoms with E-state index in [1.807, 2.05) is 12.1 Å². The molecule has 2 aromatic rings. The molecule has 0 aliphatic heterocycles. The highest BCUT2D eigenvalue weighted by atomic mass is 16.4. The SMILES string of the molecule is NC(=O)CCC(N)C(=O)NCC(=O)NC(Cc1c[nH]c2ccccc12)C(=O)NC(CC(N)=O)C(=O)O. The van der Waals surface area contributed by atoms with Gasteiger partial charge in [-0.2, -0.15) is 0 Å². The van der Waals surface area contributed by atoms with Crippen LogP contribution in [0.2, 0.25) is 0 Å². The van der Waals surface area contributed by atoms with E-state index >= 15 is 0 Å². The predicted octanol–water partition coefficient (Wildman–Crippen LogP) is -2.65. The molecular weight excluding hydrogens is 474 g/mol. The van der Waals surface area contributed by atoms with Crippen LogP contribution in [-0.2, 0) is 35.2 Å². The molecule has 0 spiro atoms. The molecule has 14 nitrogen and oxygen atoms in total. The maximum atomic E-state index is 12.9. The molecule has 0 saturated heterocycles. The number of carboxylic acids is 1. The number of carboxylic acid groups (broad SMARTS) is 1. The maximum Gasteiger partial charge on any atom is 0.326 e. The number of benzene rings is 1. The third-order valence-electron chi connectivity index (χ3n) is 5.23. The van der Waals surface area contributed by atoms with Gasteiger partial charge in [0.05, 0.1) is 19.0 Å². The number of aliphatic carboxylic acids is 1. The fourth-order valence-electron chi connectivity index (χ4n) is 3.38. The van der Waals surface area contributed by atoms with E-state index in [0.717, 1.165) is 10.9 Å². The molecule has 3 unspecified atom stereocenters. The first-order valence-corrected chi connectivity index (χ1v) is 10.9. The van der Waals surface area contributed by atoms with Crippen molar-refractivity contribution >= 4 is 46.4 Å². The van der Waals surface area contributed by atoms with Gasteiger partial charge >= 0.3 is 5.97 Å². The first-order valence-electron chi connectivity index (χ1n) is 10.9. The van der Waals surface area contributed by atoms with Crippen molar-refractivity contribution in [1.29, 1.82) is 0 Å².